The number of hydrogen-bond acceptors (Lipinski definition) is 21. The predicted octanol–water partition coefficient (Wildman–Crippen LogP) is 5.43. The highest BCUT2D eigenvalue weighted by Gasteiger charge is 2.56. The van der Waals surface area contributed by atoms with E-state index in [1.165, 1.54) is 46.6 Å². The second-order valence-electron chi connectivity index (χ2n) is 23.2. The number of amides is 1. The molecule has 5 aromatic rings. The van der Waals surface area contributed by atoms with E-state index >= 15 is 0 Å². The van der Waals surface area contributed by atoms with E-state index in [9.17, 15) is 39.6 Å². The fourth-order valence-corrected chi connectivity index (χ4v) is 14.2. The minimum Gasteiger partial charge on any atom is -0.502 e. The van der Waals surface area contributed by atoms with Crippen LogP contribution in [0.2, 0.25) is 0 Å². The van der Waals surface area contributed by atoms with Crippen LogP contribution in [0.1, 0.15) is 110 Å². The Balaban J connectivity index is 0.000000158. The first-order chi connectivity index (χ1) is 41.1. The Kier molecular flexibility index (Phi) is 15.2. The summed E-state index contributed by atoms with van der Waals surface area (Å²) in [6.07, 6.45) is -0.536. The number of ether oxygens (including phenoxy) is 11. The molecule has 5 fully saturated rings. The predicted molar refractivity (Wildman–Crippen MR) is 298 cm³/mol. The lowest BCUT2D eigenvalue weighted by Crippen LogP contribution is -2.63. The topological polar surface area (TPSA) is 275 Å². The summed E-state index contributed by atoms with van der Waals surface area (Å²) in [6, 6.07) is 14.7. The van der Waals surface area contributed by atoms with Crippen LogP contribution in [-0.2, 0) is 63.2 Å². The number of hydrogen-bond donors (Lipinski definition) is 4. The van der Waals surface area contributed by atoms with Crippen LogP contribution in [0.5, 0.6) is 34.5 Å². The minimum absolute atomic E-state index is 0.0301. The van der Waals surface area contributed by atoms with Crippen molar-refractivity contribution < 1.29 is 86.9 Å². The van der Waals surface area contributed by atoms with Crippen LogP contribution >= 0.6 is 0 Å². The van der Waals surface area contributed by atoms with E-state index < -0.39 is 78.4 Å². The van der Waals surface area contributed by atoms with E-state index in [4.69, 9.17) is 57.1 Å². The number of nitrogens with zero attached hydrogens (tertiary/aromatic N) is 4. The molecule has 11 atom stereocenters. The molecule has 2 aromatic heterocycles. The van der Waals surface area contributed by atoms with Gasteiger partial charge in [0.15, 0.2) is 41.2 Å². The summed E-state index contributed by atoms with van der Waals surface area (Å²) < 4.78 is 64.2. The van der Waals surface area contributed by atoms with Gasteiger partial charge in [0.25, 0.3) is 5.56 Å². The Hall–Kier alpha value is -7.09. The molecule has 452 valence electrons. The molecule has 23 heteroatoms. The van der Waals surface area contributed by atoms with Crippen LogP contribution in [0, 0.1) is 11.8 Å². The lowest BCUT2D eigenvalue weighted by atomic mass is 9.66. The van der Waals surface area contributed by atoms with Gasteiger partial charge in [-0.15, -0.1) is 0 Å². The largest absolute Gasteiger partial charge is 0.502 e. The van der Waals surface area contributed by atoms with Crippen LogP contribution in [0.15, 0.2) is 53.3 Å². The number of aromatic hydroxyl groups is 1. The molecule has 9 aliphatic rings. The smallest absolute Gasteiger partial charge is 0.415 e. The Morgan fingerprint density at radius 2 is 1.56 bits per heavy atom. The monoisotopic (exact) mass is 1170 g/mol. The van der Waals surface area contributed by atoms with Gasteiger partial charge in [0.05, 0.1) is 68.5 Å². The number of methoxy groups -OCH3 is 2. The molecule has 1 amide bonds. The van der Waals surface area contributed by atoms with Crippen molar-refractivity contribution in [1.29, 1.82) is 0 Å². The van der Waals surface area contributed by atoms with Gasteiger partial charge in [-0.3, -0.25) is 9.59 Å². The van der Waals surface area contributed by atoms with Gasteiger partial charge >= 0.3 is 18.0 Å². The van der Waals surface area contributed by atoms with E-state index in [-0.39, 0.29) is 61.9 Å². The van der Waals surface area contributed by atoms with Gasteiger partial charge in [-0.25, -0.2) is 14.6 Å². The third-order valence-electron chi connectivity index (χ3n) is 18.7. The first kappa shape index (κ1) is 57.0. The van der Waals surface area contributed by atoms with E-state index in [0.29, 0.717) is 88.6 Å². The van der Waals surface area contributed by atoms with Crippen molar-refractivity contribution in [1.82, 2.24) is 19.4 Å². The van der Waals surface area contributed by atoms with Gasteiger partial charge < -0.3 is 86.9 Å². The van der Waals surface area contributed by atoms with Crippen molar-refractivity contribution in [3.8, 4) is 45.9 Å². The molecule has 1 aliphatic carbocycles. The molecule has 0 radical (unpaired) electrons. The number of fused-ring (bicyclic) bond motifs is 9. The summed E-state index contributed by atoms with van der Waals surface area (Å²) in [5.74, 6) is -1.29. The van der Waals surface area contributed by atoms with E-state index in [1.807, 2.05) is 17.0 Å². The lowest BCUT2D eigenvalue weighted by Gasteiger charge is -2.47. The molecule has 3 aromatic carbocycles. The minimum atomic E-state index is -1.86. The maximum Gasteiger partial charge on any atom is 0.415 e. The van der Waals surface area contributed by atoms with Crippen LogP contribution < -0.4 is 29.2 Å². The molecule has 0 bridgehead atoms. The number of piperidine rings is 2. The Morgan fingerprint density at radius 3 is 2.27 bits per heavy atom. The fraction of sp³-hybridized carbons (Fsp3) is 0.532. The summed E-state index contributed by atoms with van der Waals surface area (Å²) >= 11 is 0. The highest BCUT2D eigenvalue weighted by Crippen LogP contribution is 2.57. The average Bonchev–Trinajstić information content (AvgIpc) is 1.87. The molecule has 23 nitrogen and oxygen atoms in total. The first-order valence-electron chi connectivity index (χ1n) is 29.4. The Morgan fingerprint density at radius 1 is 0.835 bits per heavy atom. The molecule has 0 saturated carbocycles. The number of carbonyl (C=O) groups is 3. The lowest BCUT2D eigenvalue weighted by molar-refractivity contribution is -0.364. The summed E-state index contributed by atoms with van der Waals surface area (Å²) in [5, 5.41) is 44.6. The zero-order valence-corrected chi connectivity index (χ0v) is 48.0. The van der Waals surface area contributed by atoms with Gasteiger partial charge in [0, 0.05) is 47.5 Å². The number of cyclic esters (lactones) is 2. The maximum absolute atomic E-state index is 13.6. The molecule has 2 unspecified atom stereocenters. The number of phenolic OH excluding ortho intramolecular Hbond substituents is 1. The van der Waals surface area contributed by atoms with Crippen molar-refractivity contribution in [3.63, 3.8) is 0 Å². The Bertz CT molecular complexity index is 3500. The molecule has 14 rings (SSSR count). The van der Waals surface area contributed by atoms with Crippen LogP contribution in [0.25, 0.3) is 22.3 Å². The second-order valence-corrected chi connectivity index (χ2v) is 23.2. The van der Waals surface area contributed by atoms with Gasteiger partial charge in [-0.2, -0.15) is 0 Å². The molecule has 10 heterocycles. The number of aliphatic hydroxyl groups is 3. The summed E-state index contributed by atoms with van der Waals surface area (Å²) in [4.78, 5) is 61.9. The van der Waals surface area contributed by atoms with E-state index in [0.717, 1.165) is 34.9 Å². The molecule has 5 saturated heterocycles. The van der Waals surface area contributed by atoms with Crippen LogP contribution in [-0.4, -0.2) is 161 Å². The number of pyridine rings is 2. The first-order valence-corrected chi connectivity index (χ1v) is 29.4. The number of aromatic nitrogens is 2. The van der Waals surface area contributed by atoms with E-state index in [2.05, 4.69) is 11.8 Å². The average molecular weight is 1180 g/mol. The number of esters is 2. The van der Waals surface area contributed by atoms with Gasteiger partial charge in [0.2, 0.25) is 12.5 Å². The number of aliphatic hydroxyl groups excluding tert-OH is 2. The Labute approximate surface area is 489 Å². The molecular weight excluding hydrogens is 1100 g/mol. The van der Waals surface area contributed by atoms with Gasteiger partial charge in [0.1, 0.15) is 36.8 Å². The SMILES string of the molecule is CCc1c2c(nc3ccc(OC(=O)N4CCC(N5CCCCC5)CC4)cc13)-c1cc3c(c(=O)n1C2)COC(=O)[C@]3(O)CC.COc1cc([C@@H]2c3cc4c(cc3[C@@H](OC3OC5CO[C@@H](C)O[C@H]5[C@H](O)[C@H]3O)[C@H]3COC(=O)[C@H]23)OCO4)cc(OC)c1O. The number of phenols is 1. The van der Waals surface area contributed by atoms with Crippen LogP contribution in [0.4, 0.5) is 4.79 Å². The number of likely N-dealkylation sites (tertiary alicyclic amines) is 2. The van der Waals surface area contributed by atoms with Gasteiger partial charge in [-0.1, -0.05) is 20.3 Å². The molecule has 85 heavy (non-hydrogen) atoms. The third-order valence-corrected chi connectivity index (χ3v) is 18.7. The van der Waals surface area contributed by atoms with Gasteiger partial charge in [-0.05, 0) is 129 Å². The molecule has 8 aliphatic heterocycles. The van der Waals surface area contributed by atoms with E-state index in [1.54, 1.807) is 54.8 Å². The number of aryl methyl sites for hydroxylation is 1. The quantitative estimate of drug-likeness (QED) is 0.131. The number of benzene rings is 3. The molecular formula is C62H70N4O19. The zero-order valence-electron chi connectivity index (χ0n) is 48.0. The maximum atomic E-state index is 13.6. The molecule has 0 spiro atoms. The third kappa shape index (κ3) is 9.79. The summed E-state index contributed by atoms with van der Waals surface area (Å²) in [7, 11) is 2.86. The van der Waals surface area contributed by atoms with Crippen molar-refractivity contribution in [2.75, 3.05) is 60.4 Å². The highest BCUT2D eigenvalue weighted by molar-refractivity contribution is 5.90. The standard InChI is InChI=1S/C33H38N4O6.C29H32O13/c1-3-22-23-16-21(43-32(40)36-14-10-20(11-15-36)35-12-6-5-7-13-35)8-9-27(23)34-29-24(22)18-37-28(29)17-26-25(30(37)38)19-42-31(39)33(26,41)4-2;1-11-36-9-20-27(40-11)24(31)25(32)29(41-20)42-26-14-7-17-16(38-10-39-17)6-13(14)21(22-15(26)8-37-28(22)33)12-4-18(34-2)23(30)19(5-12)35-3/h8-9,16-17,20,41H,3-7,10-15,18-19H2,1-2H3;4-7,11,15,20-22,24-27,29-32H,8-10H2,1-3H3/t33-;11-,15+,20?,21-,22+,24-,25-,26-,27-,29?/m01/s1. The summed E-state index contributed by atoms with van der Waals surface area (Å²) in [5.41, 5.74) is 4.40. The van der Waals surface area contributed by atoms with Crippen LogP contribution in [0.3, 0.4) is 0 Å². The second kappa shape index (κ2) is 22.6. The fourth-order valence-electron chi connectivity index (χ4n) is 14.2. The highest BCUT2D eigenvalue weighted by atomic mass is 16.8. The normalized spacial score (nSPS) is 29.2. The number of rotatable bonds is 9. The summed E-state index contributed by atoms with van der Waals surface area (Å²) in [6.45, 7) is 9.58. The van der Waals surface area contributed by atoms with Crippen molar-refractivity contribution >= 4 is 28.9 Å². The molecule has 4 N–H and O–H groups in total. The van der Waals surface area contributed by atoms with Crippen molar-refractivity contribution in [3.05, 3.63) is 97.8 Å². The zero-order chi connectivity index (χ0) is 59.2. The number of carbonyl (C=O) groups excluding carboxylic acids is 3. The van der Waals surface area contributed by atoms with Crippen molar-refractivity contribution in [2.45, 2.75) is 140 Å². The van der Waals surface area contributed by atoms with Crippen molar-refractivity contribution in [2.24, 2.45) is 11.8 Å².